The highest BCUT2D eigenvalue weighted by Crippen LogP contribution is 2.32. The number of carbonyl (C=O) groups is 1. The molecule has 15 atom stereocenters. The number of hydrogen-bond acceptors (Lipinski definition) is 15. The number of rotatable bonds is 7. The Morgan fingerprint density at radius 1 is 0.722 bits per heavy atom. The van der Waals surface area contributed by atoms with Crippen LogP contribution in [0.25, 0.3) is 0 Å². The standard InChI is InChI=1S/C20H35NO15/c1-5-10(25)16(35-19-9(21-6(2)24)13(28)11(26)8(4-23)34-19)15(30)20(32-5)36-17-14(29)12(27)7(3-22)33-18(17)31/h5,7-20,22-23,25-31H,3-4H2,1-2H3,(H,21,24). The van der Waals surface area contributed by atoms with Crippen molar-refractivity contribution in [2.45, 2.75) is 106 Å². The zero-order chi connectivity index (χ0) is 26.9. The monoisotopic (exact) mass is 529 g/mol. The van der Waals surface area contributed by atoms with E-state index in [4.69, 9.17) is 23.7 Å². The quantitative estimate of drug-likeness (QED) is 0.147. The molecule has 0 aromatic rings. The van der Waals surface area contributed by atoms with Crippen LogP contribution in [0.1, 0.15) is 13.8 Å². The fourth-order valence-corrected chi connectivity index (χ4v) is 4.39. The highest BCUT2D eigenvalue weighted by molar-refractivity contribution is 5.73. The van der Waals surface area contributed by atoms with Crippen LogP contribution in [-0.4, -0.2) is 157 Å². The summed E-state index contributed by atoms with van der Waals surface area (Å²) in [7, 11) is 0. The molecule has 3 heterocycles. The molecule has 0 saturated carbocycles. The molecule has 10 N–H and O–H groups in total. The summed E-state index contributed by atoms with van der Waals surface area (Å²) in [6.07, 6.45) is -21.9. The van der Waals surface area contributed by atoms with Crippen molar-refractivity contribution in [3.8, 4) is 0 Å². The number of amides is 1. The van der Waals surface area contributed by atoms with Crippen LogP contribution in [0.3, 0.4) is 0 Å². The van der Waals surface area contributed by atoms with E-state index in [1.54, 1.807) is 0 Å². The van der Waals surface area contributed by atoms with E-state index >= 15 is 0 Å². The number of aliphatic hydroxyl groups excluding tert-OH is 9. The average Bonchev–Trinajstić information content (AvgIpc) is 2.83. The van der Waals surface area contributed by atoms with Crippen LogP contribution in [0.2, 0.25) is 0 Å². The molecule has 36 heavy (non-hydrogen) atoms. The summed E-state index contributed by atoms with van der Waals surface area (Å²) in [4.78, 5) is 11.6. The maximum absolute atomic E-state index is 11.6. The first kappa shape index (κ1) is 29.5. The second-order valence-electron chi connectivity index (χ2n) is 9.05. The highest BCUT2D eigenvalue weighted by Gasteiger charge is 2.53. The van der Waals surface area contributed by atoms with Crippen molar-refractivity contribution in [1.29, 1.82) is 0 Å². The first-order valence-corrected chi connectivity index (χ1v) is 11.4. The van der Waals surface area contributed by atoms with Crippen LogP contribution in [-0.2, 0) is 28.5 Å². The lowest BCUT2D eigenvalue weighted by Gasteiger charge is -2.48. The average molecular weight is 529 g/mol. The van der Waals surface area contributed by atoms with Gasteiger partial charge in [-0.15, -0.1) is 0 Å². The van der Waals surface area contributed by atoms with Crippen molar-refractivity contribution in [2.24, 2.45) is 0 Å². The topological polar surface area (TPSA) is 257 Å². The molecule has 3 saturated heterocycles. The van der Waals surface area contributed by atoms with Crippen LogP contribution >= 0.6 is 0 Å². The summed E-state index contributed by atoms with van der Waals surface area (Å²) in [5.74, 6) is -0.617. The Morgan fingerprint density at radius 3 is 1.86 bits per heavy atom. The predicted octanol–water partition coefficient (Wildman–Crippen LogP) is -6.40. The number of carbonyl (C=O) groups excluding carboxylic acids is 1. The van der Waals surface area contributed by atoms with Crippen molar-refractivity contribution >= 4 is 5.91 Å². The predicted molar refractivity (Wildman–Crippen MR) is 111 cm³/mol. The van der Waals surface area contributed by atoms with E-state index in [2.05, 4.69) is 5.32 Å². The van der Waals surface area contributed by atoms with E-state index in [-0.39, 0.29) is 0 Å². The molecule has 0 spiro atoms. The Kier molecular flexibility index (Phi) is 9.97. The van der Waals surface area contributed by atoms with Crippen molar-refractivity contribution in [3.05, 3.63) is 0 Å². The molecule has 0 aromatic carbocycles. The van der Waals surface area contributed by atoms with Gasteiger partial charge in [0.25, 0.3) is 0 Å². The van der Waals surface area contributed by atoms with Crippen LogP contribution in [0, 0.1) is 0 Å². The molecule has 16 nitrogen and oxygen atoms in total. The molecule has 0 aromatic heterocycles. The molecule has 0 radical (unpaired) electrons. The summed E-state index contributed by atoms with van der Waals surface area (Å²) in [5, 5.41) is 93.7. The smallest absolute Gasteiger partial charge is 0.217 e. The lowest BCUT2D eigenvalue weighted by molar-refractivity contribution is -0.374. The molecule has 3 aliphatic heterocycles. The Labute approximate surface area is 205 Å². The fraction of sp³-hybridized carbons (Fsp3) is 0.950. The summed E-state index contributed by atoms with van der Waals surface area (Å²) in [6, 6.07) is -1.36. The van der Waals surface area contributed by atoms with E-state index < -0.39 is 111 Å². The normalized spacial score (nSPS) is 50.0. The van der Waals surface area contributed by atoms with Gasteiger partial charge in [-0.05, 0) is 6.92 Å². The van der Waals surface area contributed by atoms with Crippen LogP contribution in [0.4, 0.5) is 0 Å². The van der Waals surface area contributed by atoms with Gasteiger partial charge in [0.1, 0.15) is 67.1 Å². The van der Waals surface area contributed by atoms with E-state index in [9.17, 15) is 50.8 Å². The Morgan fingerprint density at radius 2 is 1.28 bits per heavy atom. The summed E-state index contributed by atoms with van der Waals surface area (Å²) in [6.45, 7) is 1.11. The zero-order valence-electron chi connectivity index (χ0n) is 19.5. The van der Waals surface area contributed by atoms with E-state index in [1.807, 2.05) is 0 Å². The number of aliphatic hydroxyl groups is 9. The number of hydrogen-bond donors (Lipinski definition) is 10. The second kappa shape index (κ2) is 12.2. The maximum Gasteiger partial charge on any atom is 0.217 e. The van der Waals surface area contributed by atoms with Crippen LogP contribution < -0.4 is 5.32 Å². The van der Waals surface area contributed by atoms with Gasteiger partial charge in [-0.3, -0.25) is 4.79 Å². The molecule has 1 amide bonds. The Hall–Kier alpha value is -1.09. The molecular formula is C20H35NO15. The van der Waals surface area contributed by atoms with Gasteiger partial charge in [-0.2, -0.15) is 0 Å². The fourth-order valence-electron chi connectivity index (χ4n) is 4.39. The van der Waals surface area contributed by atoms with Gasteiger partial charge in [0, 0.05) is 6.92 Å². The Bertz CT molecular complexity index is 731. The van der Waals surface area contributed by atoms with Crippen molar-refractivity contribution in [3.63, 3.8) is 0 Å². The summed E-state index contributed by atoms with van der Waals surface area (Å²) < 4.78 is 27.1. The van der Waals surface area contributed by atoms with Crippen molar-refractivity contribution in [1.82, 2.24) is 5.32 Å². The van der Waals surface area contributed by atoms with Crippen molar-refractivity contribution in [2.75, 3.05) is 13.2 Å². The molecule has 210 valence electrons. The third-order valence-electron chi connectivity index (χ3n) is 6.46. The van der Waals surface area contributed by atoms with Crippen LogP contribution in [0.15, 0.2) is 0 Å². The van der Waals surface area contributed by atoms with Gasteiger partial charge in [0.2, 0.25) is 5.91 Å². The third kappa shape index (κ3) is 5.97. The van der Waals surface area contributed by atoms with E-state index in [0.29, 0.717) is 0 Å². The first-order chi connectivity index (χ1) is 16.9. The van der Waals surface area contributed by atoms with Gasteiger partial charge in [-0.25, -0.2) is 0 Å². The van der Waals surface area contributed by atoms with Gasteiger partial charge in [0.15, 0.2) is 18.9 Å². The molecule has 0 aliphatic carbocycles. The van der Waals surface area contributed by atoms with Gasteiger partial charge in [-0.1, -0.05) is 0 Å². The summed E-state index contributed by atoms with van der Waals surface area (Å²) in [5.41, 5.74) is 0. The summed E-state index contributed by atoms with van der Waals surface area (Å²) >= 11 is 0. The van der Waals surface area contributed by atoms with E-state index in [1.165, 1.54) is 6.92 Å². The third-order valence-corrected chi connectivity index (χ3v) is 6.46. The number of ether oxygens (including phenoxy) is 5. The lowest BCUT2D eigenvalue weighted by atomic mass is 9.95. The van der Waals surface area contributed by atoms with Gasteiger partial charge < -0.3 is 75.0 Å². The molecule has 16 heteroatoms. The van der Waals surface area contributed by atoms with E-state index in [0.717, 1.165) is 6.92 Å². The zero-order valence-corrected chi connectivity index (χ0v) is 19.5. The molecule has 3 aliphatic rings. The van der Waals surface area contributed by atoms with Gasteiger partial charge in [0.05, 0.1) is 19.3 Å². The van der Waals surface area contributed by atoms with Gasteiger partial charge >= 0.3 is 0 Å². The Balaban J connectivity index is 1.78. The SMILES string of the molecule is CC(=O)NC1C(OC2C(O)C(C)OC(OC3C(O)OC(CO)C(O)C3O)C2O)OC(CO)C(O)C1O. The van der Waals surface area contributed by atoms with Crippen LogP contribution in [0.5, 0.6) is 0 Å². The minimum absolute atomic E-state index is 0.617. The highest BCUT2D eigenvalue weighted by atomic mass is 16.7. The molecule has 15 unspecified atom stereocenters. The molecule has 3 rings (SSSR count). The minimum Gasteiger partial charge on any atom is -0.394 e. The largest absolute Gasteiger partial charge is 0.394 e. The van der Waals surface area contributed by atoms with Crippen molar-refractivity contribution < 1.29 is 74.4 Å². The number of nitrogens with one attached hydrogen (secondary N) is 1. The molecular weight excluding hydrogens is 494 g/mol. The second-order valence-corrected chi connectivity index (χ2v) is 9.05. The lowest BCUT2D eigenvalue weighted by Crippen LogP contribution is -2.68. The molecule has 3 fully saturated rings. The first-order valence-electron chi connectivity index (χ1n) is 11.4. The molecule has 0 bridgehead atoms. The minimum atomic E-state index is -1.83. The maximum atomic E-state index is 11.6.